The molecule has 0 radical (unpaired) electrons. The highest BCUT2D eigenvalue weighted by atomic mass is 35.5. The molecule has 1 heterocycles. The van der Waals surface area contributed by atoms with Crippen LogP contribution in [0.5, 0.6) is 0 Å². The number of aliphatic hydroxyl groups excluding tert-OH is 1. The minimum absolute atomic E-state index is 0.0430. The van der Waals surface area contributed by atoms with E-state index in [-0.39, 0.29) is 28.1 Å². The summed E-state index contributed by atoms with van der Waals surface area (Å²) in [7, 11) is 0. The number of amides is 1. The van der Waals surface area contributed by atoms with E-state index in [1.165, 1.54) is 18.2 Å². The minimum atomic E-state index is -0.592. The van der Waals surface area contributed by atoms with Crippen LogP contribution in [0.3, 0.4) is 0 Å². The summed E-state index contributed by atoms with van der Waals surface area (Å²) in [5.41, 5.74) is 0.626. The van der Waals surface area contributed by atoms with Crippen LogP contribution in [0.1, 0.15) is 34.9 Å². The first-order valence-electron chi connectivity index (χ1n) is 8.43. The van der Waals surface area contributed by atoms with Gasteiger partial charge in [-0.15, -0.1) is 0 Å². The van der Waals surface area contributed by atoms with Crippen LogP contribution in [0.4, 0.5) is 5.69 Å². The van der Waals surface area contributed by atoms with Crippen molar-refractivity contribution in [2.24, 2.45) is 5.92 Å². The molecule has 0 aliphatic carbocycles. The van der Waals surface area contributed by atoms with Crippen LogP contribution in [0.2, 0.25) is 5.02 Å². The number of piperidine rings is 1. The average Bonchev–Trinajstić information content (AvgIpc) is 2.67. The van der Waals surface area contributed by atoms with Gasteiger partial charge in [-0.3, -0.25) is 14.9 Å². The molecule has 3 rings (SSSR count). The number of hydrogen-bond acceptors (Lipinski definition) is 4. The predicted molar refractivity (Wildman–Crippen MR) is 98.1 cm³/mol. The molecule has 1 N–H and O–H groups in total. The molecule has 2 aromatic rings. The molecular formula is C19H19ClN2O4. The maximum atomic E-state index is 12.7. The Bertz CT molecular complexity index is 804. The lowest BCUT2D eigenvalue weighted by atomic mass is 9.87. The quantitative estimate of drug-likeness (QED) is 0.651. The van der Waals surface area contributed by atoms with Gasteiger partial charge in [0.25, 0.3) is 11.6 Å². The van der Waals surface area contributed by atoms with Crippen LogP contribution < -0.4 is 0 Å². The van der Waals surface area contributed by atoms with Gasteiger partial charge in [0.05, 0.1) is 11.0 Å². The molecule has 136 valence electrons. The van der Waals surface area contributed by atoms with Gasteiger partial charge >= 0.3 is 0 Å². The number of nitro benzene ring substituents is 1. The van der Waals surface area contributed by atoms with Crippen LogP contribution >= 0.6 is 11.6 Å². The van der Waals surface area contributed by atoms with E-state index in [0.29, 0.717) is 25.9 Å². The zero-order valence-electron chi connectivity index (χ0n) is 14.0. The molecule has 7 heteroatoms. The Morgan fingerprint density at radius 3 is 2.46 bits per heavy atom. The van der Waals surface area contributed by atoms with Gasteiger partial charge in [0, 0.05) is 24.2 Å². The molecule has 1 fully saturated rings. The SMILES string of the molecule is O=C(c1ccc(Cl)cc1[N+](=O)[O-])N1CCC(C(O)c2ccccc2)CC1. The smallest absolute Gasteiger partial charge is 0.283 e. The topological polar surface area (TPSA) is 83.7 Å². The fraction of sp³-hybridized carbons (Fsp3) is 0.316. The summed E-state index contributed by atoms with van der Waals surface area (Å²) in [5.74, 6) is -0.317. The highest BCUT2D eigenvalue weighted by molar-refractivity contribution is 6.31. The molecular weight excluding hydrogens is 356 g/mol. The van der Waals surface area contributed by atoms with Crippen molar-refractivity contribution in [3.8, 4) is 0 Å². The third-order valence-electron chi connectivity index (χ3n) is 4.80. The van der Waals surface area contributed by atoms with Crippen molar-refractivity contribution in [1.82, 2.24) is 4.90 Å². The van der Waals surface area contributed by atoms with Gasteiger partial charge in [-0.25, -0.2) is 0 Å². The fourth-order valence-corrected chi connectivity index (χ4v) is 3.51. The zero-order valence-corrected chi connectivity index (χ0v) is 14.8. The normalized spacial score (nSPS) is 16.3. The molecule has 1 unspecified atom stereocenters. The molecule has 2 aromatic carbocycles. The minimum Gasteiger partial charge on any atom is -0.388 e. The van der Waals surface area contributed by atoms with E-state index in [0.717, 1.165) is 5.56 Å². The third-order valence-corrected chi connectivity index (χ3v) is 5.04. The number of rotatable bonds is 4. The van der Waals surface area contributed by atoms with Crippen LogP contribution in [-0.4, -0.2) is 33.9 Å². The van der Waals surface area contributed by atoms with Gasteiger partial charge in [-0.1, -0.05) is 41.9 Å². The highest BCUT2D eigenvalue weighted by Gasteiger charge is 2.31. The van der Waals surface area contributed by atoms with E-state index in [9.17, 15) is 20.0 Å². The number of benzene rings is 2. The summed E-state index contributed by atoms with van der Waals surface area (Å²) >= 11 is 5.81. The molecule has 1 amide bonds. The molecule has 1 aliphatic heterocycles. The summed E-state index contributed by atoms with van der Waals surface area (Å²) in [5, 5.41) is 22.0. The van der Waals surface area contributed by atoms with Crippen molar-refractivity contribution >= 4 is 23.2 Å². The van der Waals surface area contributed by atoms with Gasteiger partial charge in [0.15, 0.2) is 0 Å². The summed E-state index contributed by atoms with van der Waals surface area (Å²) in [6.45, 7) is 0.903. The number of hydrogen-bond donors (Lipinski definition) is 1. The monoisotopic (exact) mass is 374 g/mol. The molecule has 26 heavy (non-hydrogen) atoms. The van der Waals surface area contributed by atoms with E-state index in [1.54, 1.807) is 4.90 Å². The second-order valence-electron chi connectivity index (χ2n) is 6.40. The Morgan fingerprint density at radius 1 is 1.19 bits per heavy atom. The van der Waals surface area contributed by atoms with Gasteiger partial charge < -0.3 is 10.0 Å². The first-order valence-corrected chi connectivity index (χ1v) is 8.81. The third kappa shape index (κ3) is 3.86. The van der Waals surface area contributed by atoms with E-state index < -0.39 is 11.0 Å². The first-order chi connectivity index (χ1) is 12.5. The molecule has 0 spiro atoms. The van der Waals surface area contributed by atoms with Crippen LogP contribution in [0, 0.1) is 16.0 Å². The zero-order chi connectivity index (χ0) is 18.7. The van der Waals surface area contributed by atoms with Crippen molar-refractivity contribution in [2.75, 3.05) is 13.1 Å². The summed E-state index contributed by atoms with van der Waals surface area (Å²) in [4.78, 5) is 24.9. The standard InChI is InChI=1S/C19H19ClN2O4/c20-15-6-7-16(17(12-15)22(25)26)19(24)21-10-8-14(9-11-21)18(23)13-4-2-1-3-5-13/h1-7,12,14,18,23H,8-11H2. The molecule has 0 aromatic heterocycles. The Kier molecular flexibility index (Phi) is 5.54. The maximum Gasteiger partial charge on any atom is 0.283 e. The van der Waals surface area contributed by atoms with E-state index in [2.05, 4.69) is 0 Å². The Hall–Kier alpha value is -2.44. The maximum absolute atomic E-state index is 12.7. The summed E-state index contributed by atoms with van der Waals surface area (Å²) in [6.07, 6.45) is 0.713. The molecule has 1 atom stereocenters. The van der Waals surface area contributed by atoms with Crippen molar-refractivity contribution in [3.63, 3.8) is 0 Å². The number of halogens is 1. The fourth-order valence-electron chi connectivity index (χ4n) is 3.35. The van der Waals surface area contributed by atoms with Crippen molar-refractivity contribution < 1.29 is 14.8 Å². The van der Waals surface area contributed by atoms with E-state index in [4.69, 9.17) is 11.6 Å². The van der Waals surface area contributed by atoms with Gasteiger partial charge in [-0.2, -0.15) is 0 Å². The van der Waals surface area contributed by atoms with Crippen molar-refractivity contribution in [1.29, 1.82) is 0 Å². The molecule has 0 saturated carbocycles. The molecule has 6 nitrogen and oxygen atoms in total. The number of nitrogens with zero attached hydrogens (tertiary/aromatic N) is 2. The summed E-state index contributed by atoms with van der Waals surface area (Å²) < 4.78 is 0. The Labute approximate surface area is 156 Å². The van der Waals surface area contributed by atoms with Gasteiger partial charge in [-0.05, 0) is 36.5 Å². The predicted octanol–water partition coefficient (Wildman–Crippen LogP) is 3.83. The number of aliphatic hydroxyl groups is 1. The first kappa shape index (κ1) is 18.4. The lowest BCUT2D eigenvalue weighted by Gasteiger charge is -2.34. The Balaban J connectivity index is 1.69. The number of carbonyl (C=O) groups excluding carboxylic acids is 1. The lowest BCUT2D eigenvalue weighted by Crippen LogP contribution is -2.40. The second-order valence-corrected chi connectivity index (χ2v) is 6.84. The molecule has 1 aliphatic rings. The largest absolute Gasteiger partial charge is 0.388 e. The average molecular weight is 375 g/mol. The number of nitro groups is 1. The van der Waals surface area contributed by atoms with Crippen LogP contribution in [0.25, 0.3) is 0 Å². The summed E-state index contributed by atoms with van der Waals surface area (Å²) in [6, 6.07) is 13.5. The van der Waals surface area contributed by atoms with E-state index in [1.807, 2.05) is 30.3 Å². The van der Waals surface area contributed by atoms with Gasteiger partial charge in [0.1, 0.15) is 5.56 Å². The number of likely N-dealkylation sites (tertiary alicyclic amines) is 1. The number of carbonyl (C=O) groups is 1. The van der Waals surface area contributed by atoms with Crippen LogP contribution in [-0.2, 0) is 0 Å². The van der Waals surface area contributed by atoms with Crippen molar-refractivity contribution in [2.45, 2.75) is 18.9 Å². The highest BCUT2D eigenvalue weighted by Crippen LogP contribution is 2.32. The molecule has 1 saturated heterocycles. The Morgan fingerprint density at radius 2 is 1.85 bits per heavy atom. The molecule has 0 bridgehead atoms. The van der Waals surface area contributed by atoms with Crippen LogP contribution in [0.15, 0.2) is 48.5 Å². The second kappa shape index (κ2) is 7.85. The van der Waals surface area contributed by atoms with E-state index >= 15 is 0 Å². The van der Waals surface area contributed by atoms with Gasteiger partial charge in [0.2, 0.25) is 0 Å². The lowest BCUT2D eigenvalue weighted by molar-refractivity contribution is -0.385. The van der Waals surface area contributed by atoms with Crippen molar-refractivity contribution in [3.05, 3.63) is 74.8 Å².